The van der Waals surface area contributed by atoms with Gasteiger partial charge in [0, 0.05) is 6.20 Å². The van der Waals surface area contributed by atoms with E-state index in [9.17, 15) is 0 Å². The molecule has 0 spiro atoms. The van der Waals surface area contributed by atoms with Gasteiger partial charge in [-0.3, -0.25) is 9.98 Å². The van der Waals surface area contributed by atoms with Crippen LogP contribution in [-0.2, 0) is 0 Å². The minimum Gasteiger partial charge on any atom is -0.267 e. The van der Waals surface area contributed by atoms with Gasteiger partial charge in [-0.1, -0.05) is 34.7 Å². The van der Waals surface area contributed by atoms with E-state index in [2.05, 4.69) is 39.2 Å². The second-order valence-electron chi connectivity index (χ2n) is 2.60. The second kappa shape index (κ2) is 5.50. The first-order valence-corrected chi connectivity index (χ1v) is 5.05. The molecule has 0 amide bonds. The fourth-order valence-corrected chi connectivity index (χ4v) is 1.58. The molecule has 0 fully saturated rings. The topological polar surface area (TPSA) is 25.2 Å². The number of nitrogens with zero attached hydrogens (tertiary/aromatic N) is 2. The van der Waals surface area contributed by atoms with Crippen LogP contribution in [-0.4, -0.2) is 11.7 Å². The molecule has 1 aromatic rings. The molecule has 1 aromatic heterocycles. The van der Waals surface area contributed by atoms with Crippen molar-refractivity contribution in [2.75, 3.05) is 0 Å². The van der Waals surface area contributed by atoms with Gasteiger partial charge in [0.05, 0.1) is 16.2 Å². The second-order valence-corrected chi connectivity index (χ2v) is 3.52. The van der Waals surface area contributed by atoms with Crippen molar-refractivity contribution in [1.29, 1.82) is 0 Å². The van der Waals surface area contributed by atoms with Gasteiger partial charge < -0.3 is 0 Å². The lowest BCUT2D eigenvalue weighted by Gasteiger charge is -2.08. The fraction of sp³-hybridized carbons (Fsp3) is 0.0909. The van der Waals surface area contributed by atoms with Crippen LogP contribution in [0.1, 0.15) is 10.5 Å². The van der Waals surface area contributed by atoms with Crippen molar-refractivity contribution in [1.82, 2.24) is 4.98 Å². The molecular weight excluding hydrogens is 240 g/mol. The molecule has 0 N–H and O–H groups in total. The summed E-state index contributed by atoms with van der Waals surface area (Å²) >= 11 is 3.50. The molecular formula is C11H11BrN2. The highest BCUT2D eigenvalue weighted by Crippen LogP contribution is 2.29. The van der Waals surface area contributed by atoms with Gasteiger partial charge in [-0.15, -0.1) is 0 Å². The van der Waals surface area contributed by atoms with E-state index >= 15 is 0 Å². The van der Waals surface area contributed by atoms with Crippen molar-refractivity contribution in [3.8, 4) is 0 Å². The summed E-state index contributed by atoms with van der Waals surface area (Å²) in [4.78, 5) is 8.10. The zero-order valence-electron chi connectivity index (χ0n) is 7.73. The zero-order valence-corrected chi connectivity index (χ0v) is 9.31. The molecule has 0 aliphatic carbocycles. The lowest BCUT2D eigenvalue weighted by Crippen LogP contribution is -1.95. The standard InChI is InChI=1S/C11H11BrN2/c1-3-6-9(13-2)11(12)10-7-4-5-8-14-10/h3-8,11H,1-2H2/b9-6-. The van der Waals surface area contributed by atoms with E-state index in [0.717, 1.165) is 11.4 Å². The van der Waals surface area contributed by atoms with Crippen LogP contribution in [0, 0.1) is 0 Å². The summed E-state index contributed by atoms with van der Waals surface area (Å²) in [6.45, 7) is 7.12. The Morgan fingerprint density at radius 1 is 1.57 bits per heavy atom. The van der Waals surface area contributed by atoms with Crippen LogP contribution in [0.4, 0.5) is 0 Å². The summed E-state index contributed by atoms with van der Waals surface area (Å²) in [6.07, 6.45) is 5.24. The number of aliphatic imine (C=N–C) groups is 1. The highest BCUT2D eigenvalue weighted by molar-refractivity contribution is 9.09. The number of rotatable bonds is 4. The summed E-state index contributed by atoms with van der Waals surface area (Å²) in [5, 5.41) is 0. The van der Waals surface area contributed by atoms with Gasteiger partial charge in [-0.05, 0) is 24.9 Å². The Morgan fingerprint density at radius 3 is 2.86 bits per heavy atom. The lowest BCUT2D eigenvalue weighted by atomic mass is 10.2. The monoisotopic (exact) mass is 250 g/mol. The van der Waals surface area contributed by atoms with E-state index in [1.165, 1.54) is 0 Å². The summed E-state index contributed by atoms with van der Waals surface area (Å²) in [5.74, 6) is 0. The maximum atomic E-state index is 4.22. The Morgan fingerprint density at radius 2 is 2.36 bits per heavy atom. The quantitative estimate of drug-likeness (QED) is 0.458. The van der Waals surface area contributed by atoms with Crippen molar-refractivity contribution in [3.63, 3.8) is 0 Å². The third-order valence-corrected chi connectivity index (χ3v) is 2.62. The molecule has 1 heterocycles. The van der Waals surface area contributed by atoms with Gasteiger partial charge in [-0.2, -0.15) is 0 Å². The van der Waals surface area contributed by atoms with E-state index in [4.69, 9.17) is 0 Å². The van der Waals surface area contributed by atoms with Crippen molar-refractivity contribution in [2.45, 2.75) is 4.83 Å². The Balaban J connectivity index is 2.94. The van der Waals surface area contributed by atoms with Crippen LogP contribution in [0.25, 0.3) is 0 Å². The Hall–Kier alpha value is -1.22. The van der Waals surface area contributed by atoms with Crippen LogP contribution in [0.3, 0.4) is 0 Å². The zero-order chi connectivity index (χ0) is 10.4. The maximum absolute atomic E-state index is 4.22. The number of halogens is 1. The molecule has 14 heavy (non-hydrogen) atoms. The Bertz CT molecular complexity index is 344. The van der Waals surface area contributed by atoms with Gasteiger partial charge in [0.15, 0.2) is 0 Å². The number of pyridine rings is 1. The molecule has 72 valence electrons. The molecule has 0 aliphatic rings. The van der Waals surface area contributed by atoms with Crippen LogP contribution in [0.5, 0.6) is 0 Å². The summed E-state index contributed by atoms with van der Waals surface area (Å²) in [7, 11) is 0. The predicted molar refractivity (Wildman–Crippen MR) is 63.7 cm³/mol. The number of hydrogen-bond acceptors (Lipinski definition) is 2. The number of allylic oxidation sites excluding steroid dienone is 3. The molecule has 2 nitrogen and oxygen atoms in total. The van der Waals surface area contributed by atoms with E-state index in [1.807, 2.05) is 18.2 Å². The van der Waals surface area contributed by atoms with Gasteiger partial charge in [0.1, 0.15) is 0 Å². The molecule has 0 saturated carbocycles. The molecule has 1 unspecified atom stereocenters. The van der Waals surface area contributed by atoms with Gasteiger partial charge >= 0.3 is 0 Å². The normalized spacial score (nSPS) is 13.4. The summed E-state index contributed by atoms with van der Waals surface area (Å²) in [5.41, 5.74) is 1.71. The highest BCUT2D eigenvalue weighted by Gasteiger charge is 2.11. The minimum absolute atomic E-state index is 0.0285. The molecule has 3 heteroatoms. The molecule has 0 saturated heterocycles. The number of alkyl halides is 1. The SMILES string of the molecule is C=C/C=C(\N=C)C(Br)c1ccccn1. The average Bonchev–Trinajstić information content (AvgIpc) is 2.26. The lowest BCUT2D eigenvalue weighted by molar-refractivity contribution is 1.02. The fourth-order valence-electron chi connectivity index (χ4n) is 1.02. The largest absolute Gasteiger partial charge is 0.267 e. The van der Waals surface area contributed by atoms with E-state index < -0.39 is 0 Å². The first-order valence-electron chi connectivity index (χ1n) is 4.14. The van der Waals surface area contributed by atoms with Crippen molar-refractivity contribution in [2.24, 2.45) is 4.99 Å². The Labute approximate surface area is 92.2 Å². The minimum atomic E-state index is -0.0285. The average molecular weight is 251 g/mol. The molecule has 1 atom stereocenters. The maximum Gasteiger partial charge on any atom is 0.0987 e. The predicted octanol–water partition coefficient (Wildman–Crippen LogP) is 3.29. The number of hydrogen-bond donors (Lipinski definition) is 0. The summed E-state index contributed by atoms with van der Waals surface area (Å²) < 4.78 is 0. The van der Waals surface area contributed by atoms with Gasteiger partial charge in [0.25, 0.3) is 0 Å². The molecule has 0 aliphatic heterocycles. The van der Waals surface area contributed by atoms with Crippen LogP contribution >= 0.6 is 15.9 Å². The number of aromatic nitrogens is 1. The third kappa shape index (κ3) is 2.64. The summed E-state index contributed by atoms with van der Waals surface area (Å²) in [6, 6.07) is 5.74. The van der Waals surface area contributed by atoms with Crippen LogP contribution < -0.4 is 0 Å². The molecule has 0 bridgehead atoms. The third-order valence-electron chi connectivity index (χ3n) is 1.68. The van der Waals surface area contributed by atoms with Crippen LogP contribution in [0.15, 0.2) is 53.8 Å². The van der Waals surface area contributed by atoms with E-state index in [0.29, 0.717) is 0 Å². The first-order chi connectivity index (χ1) is 6.79. The van der Waals surface area contributed by atoms with Crippen molar-refractivity contribution in [3.05, 3.63) is 54.5 Å². The first kappa shape index (κ1) is 10.9. The van der Waals surface area contributed by atoms with E-state index in [-0.39, 0.29) is 4.83 Å². The molecule has 0 aromatic carbocycles. The van der Waals surface area contributed by atoms with Crippen molar-refractivity contribution >= 4 is 22.6 Å². The van der Waals surface area contributed by atoms with Crippen molar-refractivity contribution < 1.29 is 0 Å². The van der Waals surface area contributed by atoms with Gasteiger partial charge in [0.2, 0.25) is 0 Å². The highest BCUT2D eigenvalue weighted by atomic mass is 79.9. The Kier molecular flexibility index (Phi) is 4.26. The molecule has 0 radical (unpaired) electrons. The van der Waals surface area contributed by atoms with E-state index in [1.54, 1.807) is 18.3 Å². The smallest absolute Gasteiger partial charge is 0.0987 e. The molecule has 1 rings (SSSR count). The van der Waals surface area contributed by atoms with Gasteiger partial charge in [-0.25, -0.2) is 0 Å². The van der Waals surface area contributed by atoms with Crippen LogP contribution in [0.2, 0.25) is 0 Å².